The van der Waals surface area contributed by atoms with Gasteiger partial charge in [0.15, 0.2) is 0 Å². The largest absolute Gasteiger partial charge is 0.497 e. The van der Waals surface area contributed by atoms with Gasteiger partial charge in [-0.3, -0.25) is 4.79 Å². The smallest absolute Gasteiger partial charge is 0.245 e. The zero-order valence-corrected chi connectivity index (χ0v) is 14.9. The molecule has 1 fully saturated rings. The molecular weight excluding hydrogens is 316 g/mol. The predicted molar refractivity (Wildman–Crippen MR) is 98.0 cm³/mol. The third-order valence-electron chi connectivity index (χ3n) is 4.60. The molecule has 1 saturated heterocycles. The van der Waals surface area contributed by atoms with Crippen LogP contribution in [0.1, 0.15) is 12.5 Å². The molecule has 2 aromatic rings. The Morgan fingerprint density at radius 2 is 1.56 bits per heavy atom. The van der Waals surface area contributed by atoms with Crippen LogP contribution in [0.2, 0.25) is 0 Å². The van der Waals surface area contributed by atoms with Gasteiger partial charge >= 0.3 is 0 Å². The third-order valence-corrected chi connectivity index (χ3v) is 4.60. The number of hydrogen-bond acceptors (Lipinski definition) is 4. The van der Waals surface area contributed by atoms with E-state index < -0.39 is 0 Å². The highest BCUT2D eigenvalue weighted by Gasteiger charge is 2.37. The number of carbonyl (C=O) groups excluding carboxylic acids is 1. The molecule has 1 aliphatic heterocycles. The zero-order chi connectivity index (χ0) is 17.8. The minimum Gasteiger partial charge on any atom is -0.497 e. The lowest BCUT2D eigenvalue weighted by molar-refractivity contribution is -0.128. The molecule has 1 amide bonds. The maximum atomic E-state index is 12.8. The second kappa shape index (κ2) is 7.47. The van der Waals surface area contributed by atoms with E-state index in [1.165, 1.54) is 0 Å². The maximum Gasteiger partial charge on any atom is 0.245 e. The SMILES string of the molecule is COc1ccc(CN2CC(C)C(Nc3ccc(OC)cc3)C2=O)cc1. The van der Waals surface area contributed by atoms with Crippen LogP contribution in [-0.2, 0) is 11.3 Å². The third kappa shape index (κ3) is 3.87. The highest BCUT2D eigenvalue weighted by Crippen LogP contribution is 2.25. The van der Waals surface area contributed by atoms with Gasteiger partial charge in [0.2, 0.25) is 5.91 Å². The van der Waals surface area contributed by atoms with Crippen molar-refractivity contribution in [2.45, 2.75) is 19.5 Å². The van der Waals surface area contributed by atoms with E-state index >= 15 is 0 Å². The number of amides is 1. The second-order valence-electron chi connectivity index (χ2n) is 6.39. The van der Waals surface area contributed by atoms with Crippen LogP contribution in [0.15, 0.2) is 48.5 Å². The van der Waals surface area contributed by atoms with Gasteiger partial charge in [0, 0.05) is 24.7 Å². The Morgan fingerprint density at radius 3 is 2.12 bits per heavy atom. The van der Waals surface area contributed by atoms with Crippen molar-refractivity contribution in [2.75, 3.05) is 26.1 Å². The van der Waals surface area contributed by atoms with Gasteiger partial charge in [0.1, 0.15) is 17.5 Å². The molecule has 5 heteroatoms. The molecule has 2 unspecified atom stereocenters. The Kier molecular flexibility index (Phi) is 5.12. The van der Waals surface area contributed by atoms with E-state index in [-0.39, 0.29) is 17.9 Å². The first-order valence-electron chi connectivity index (χ1n) is 8.43. The summed E-state index contributed by atoms with van der Waals surface area (Å²) in [5.74, 6) is 2.01. The number of ether oxygens (including phenoxy) is 2. The summed E-state index contributed by atoms with van der Waals surface area (Å²) < 4.78 is 10.3. The average molecular weight is 340 g/mol. The van der Waals surface area contributed by atoms with Gasteiger partial charge in [0.25, 0.3) is 0 Å². The first kappa shape index (κ1) is 17.1. The topological polar surface area (TPSA) is 50.8 Å². The quantitative estimate of drug-likeness (QED) is 0.878. The fourth-order valence-corrected chi connectivity index (χ4v) is 3.15. The van der Waals surface area contributed by atoms with Crippen molar-refractivity contribution in [1.82, 2.24) is 4.90 Å². The second-order valence-corrected chi connectivity index (χ2v) is 6.39. The summed E-state index contributed by atoms with van der Waals surface area (Å²) in [6.45, 7) is 3.47. The Hall–Kier alpha value is -2.69. The highest BCUT2D eigenvalue weighted by molar-refractivity contribution is 5.87. The minimum atomic E-state index is -0.202. The van der Waals surface area contributed by atoms with E-state index in [9.17, 15) is 4.79 Å². The molecular formula is C20H24N2O3. The van der Waals surface area contributed by atoms with Gasteiger partial charge < -0.3 is 19.7 Å². The lowest BCUT2D eigenvalue weighted by Crippen LogP contribution is -2.34. The lowest BCUT2D eigenvalue weighted by atomic mass is 10.1. The Balaban J connectivity index is 1.65. The molecule has 0 saturated carbocycles. The van der Waals surface area contributed by atoms with E-state index in [0.717, 1.165) is 29.3 Å². The van der Waals surface area contributed by atoms with Gasteiger partial charge in [-0.05, 0) is 42.0 Å². The molecule has 0 aromatic heterocycles. The Bertz CT molecular complexity index is 713. The number of carbonyl (C=O) groups is 1. The van der Waals surface area contributed by atoms with Crippen molar-refractivity contribution < 1.29 is 14.3 Å². The monoisotopic (exact) mass is 340 g/mol. The van der Waals surface area contributed by atoms with Crippen LogP contribution in [0, 0.1) is 5.92 Å². The normalized spacial score (nSPS) is 19.8. The average Bonchev–Trinajstić information content (AvgIpc) is 2.90. The van der Waals surface area contributed by atoms with Crippen LogP contribution >= 0.6 is 0 Å². The molecule has 2 atom stereocenters. The van der Waals surface area contributed by atoms with Gasteiger partial charge in [-0.15, -0.1) is 0 Å². The summed E-state index contributed by atoms with van der Waals surface area (Å²) >= 11 is 0. The van der Waals surface area contributed by atoms with Gasteiger partial charge in [0.05, 0.1) is 14.2 Å². The summed E-state index contributed by atoms with van der Waals surface area (Å²) in [4.78, 5) is 14.7. The molecule has 0 spiro atoms. The molecule has 3 rings (SSSR count). The molecule has 0 bridgehead atoms. The summed E-state index contributed by atoms with van der Waals surface area (Å²) in [5, 5.41) is 3.36. The number of methoxy groups -OCH3 is 2. The van der Waals surface area contributed by atoms with Crippen molar-refractivity contribution >= 4 is 11.6 Å². The lowest BCUT2D eigenvalue weighted by Gasteiger charge is -2.18. The number of nitrogens with one attached hydrogen (secondary N) is 1. The van der Waals surface area contributed by atoms with Gasteiger partial charge in [-0.2, -0.15) is 0 Å². The summed E-state index contributed by atoms with van der Waals surface area (Å²) in [6.07, 6.45) is 0. The molecule has 0 radical (unpaired) electrons. The summed E-state index contributed by atoms with van der Waals surface area (Å²) in [5.41, 5.74) is 2.03. The maximum absolute atomic E-state index is 12.8. The first-order chi connectivity index (χ1) is 12.1. The van der Waals surface area contributed by atoms with Crippen molar-refractivity contribution in [3.8, 4) is 11.5 Å². The van der Waals surface area contributed by atoms with E-state index in [0.29, 0.717) is 6.54 Å². The van der Waals surface area contributed by atoms with Crippen molar-refractivity contribution in [3.05, 3.63) is 54.1 Å². The molecule has 5 nitrogen and oxygen atoms in total. The van der Waals surface area contributed by atoms with Gasteiger partial charge in [-0.25, -0.2) is 0 Å². The molecule has 132 valence electrons. The fourth-order valence-electron chi connectivity index (χ4n) is 3.15. The first-order valence-corrected chi connectivity index (χ1v) is 8.43. The van der Waals surface area contributed by atoms with Crippen LogP contribution in [0.3, 0.4) is 0 Å². The Labute approximate surface area is 148 Å². The van der Waals surface area contributed by atoms with Crippen LogP contribution in [0.25, 0.3) is 0 Å². The van der Waals surface area contributed by atoms with E-state index in [1.807, 2.05) is 53.4 Å². The molecule has 25 heavy (non-hydrogen) atoms. The highest BCUT2D eigenvalue weighted by atomic mass is 16.5. The summed E-state index contributed by atoms with van der Waals surface area (Å²) in [6, 6.07) is 15.3. The van der Waals surface area contributed by atoms with Crippen LogP contribution in [0.4, 0.5) is 5.69 Å². The fraction of sp³-hybridized carbons (Fsp3) is 0.350. The van der Waals surface area contributed by atoms with E-state index in [4.69, 9.17) is 9.47 Å². The number of hydrogen-bond donors (Lipinski definition) is 1. The molecule has 1 heterocycles. The van der Waals surface area contributed by atoms with E-state index in [2.05, 4.69) is 12.2 Å². The predicted octanol–water partition coefficient (Wildman–Crippen LogP) is 3.16. The van der Waals surface area contributed by atoms with Crippen molar-refractivity contribution in [1.29, 1.82) is 0 Å². The number of benzene rings is 2. The van der Waals surface area contributed by atoms with Crippen LogP contribution < -0.4 is 14.8 Å². The number of nitrogens with zero attached hydrogens (tertiary/aromatic N) is 1. The minimum absolute atomic E-state index is 0.138. The number of anilines is 1. The number of rotatable bonds is 6. The van der Waals surface area contributed by atoms with Crippen molar-refractivity contribution in [3.63, 3.8) is 0 Å². The van der Waals surface area contributed by atoms with Crippen molar-refractivity contribution in [2.24, 2.45) is 5.92 Å². The van der Waals surface area contributed by atoms with Crippen LogP contribution in [-0.4, -0.2) is 37.6 Å². The standard InChI is InChI=1S/C20H24N2O3/c1-14-12-22(13-15-4-8-17(24-2)9-5-15)20(23)19(14)21-16-6-10-18(25-3)11-7-16/h4-11,14,19,21H,12-13H2,1-3H3. The number of likely N-dealkylation sites (tertiary alicyclic amines) is 1. The van der Waals surface area contributed by atoms with Crippen LogP contribution in [0.5, 0.6) is 11.5 Å². The van der Waals surface area contributed by atoms with E-state index in [1.54, 1.807) is 14.2 Å². The summed E-state index contributed by atoms with van der Waals surface area (Å²) in [7, 11) is 3.29. The Morgan fingerprint density at radius 1 is 1.00 bits per heavy atom. The molecule has 0 aliphatic carbocycles. The molecule has 1 N–H and O–H groups in total. The zero-order valence-electron chi connectivity index (χ0n) is 14.9. The van der Waals surface area contributed by atoms with Gasteiger partial charge in [-0.1, -0.05) is 19.1 Å². The molecule has 2 aromatic carbocycles. The molecule has 1 aliphatic rings.